The van der Waals surface area contributed by atoms with Crippen LogP contribution in [0.1, 0.15) is 42.2 Å². The molecule has 6 heteroatoms. The highest BCUT2D eigenvalue weighted by molar-refractivity contribution is 9.10. The molecule has 0 aliphatic carbocycles. The van der Waals surface area contributed by atoms with Crippen molar-refractivity contribution in [1.29, 1.82) is 0 Å². The first-order chi connectivity index (χ1) is 15.1. The van der Waals surface area contributed by atoms with Gasteiger partial charge in [-0.15, -0.1) is 0 Å². The quantitative estimate of drug-likeness (QED) is 0.468. The smallest absolute Gasteiger partial charge is 0.162 e. The summed E-state index contributed by atoms with van der Waals surface area (Å²) in [5.41, 5.74) is 3.75. The number of para-hydroxylation sites is 2. The molecule has 2 atom stereocenters. The Bertz CT molecular complexity index is 1080. The number of phenolic OH excluding ortho intramolecular Hbond substituents is 1. The lowest BCUT2D eigenvalue weighted by molar-refractivity contribution is 0.313. The molecule has 0 saturated heterocycles. The molecule has 0 bridgehead atoms. The number of nitrogens with zero attached hydrogens (tertiary/aromatic N) is 1. The average Bonchev–Trinajstić information content (AvgIpc) is 2.80. The van der Waals surface area contributed by atoms with Crippen LogP contribution in [0.5, 0.6) is 17.2 Å². The van der Waals surface area contributed by atoms with E-state index in [1.807, 2.05) is 55.5 Å². The van der Waals surface area contributed by atoms with Crippen molar-refractivity contribution >= 4 is 21.6 Å². The minimum absolute atomic E-state index is 0.147. The molecular weight excluding hydrogens is 456 g/mol. The number of nitrogens with one attached hydrogen (secondary N) is 1. The Kier molecular flexibility index (Phi) is 6.59. The minimum Gasteiger partial charge on any atom is -0.504 e. The van der Waals surface area contributed by atoms with Crippen molar-refractivity contribution in [3.8, 4) is 17.2 Å². The van der Waals surface area contributed by atoms with Crippen molar-refractivity contribution in [3.63, 3.8) is 0 Å². The van der Waals surface area contributed by atoms with Gasteiger partial charge in [0.15, 0.2) is 11.5 Å². The highest BCUT2D eigenvalue weighted by atomic mass is 79.9. The summed E-state index contributed by atoms with van der Waals surface area (Å²) in [7, 11) is 1.66. The highest BCUT2D eigenvalue weighted by Gasteiger charge is 2.29. The molecule has 0 fully saturated rings. The summed E-state index contributed by atoms with van der Waals surface area (Å²) in [5.74, 6) is 1.42. The van der Waals surface area contributed by atoms with Gasteiger partial charge in [-0.2, -0.15) is 0 Å². The Hall–Kier alpha value is -2.83. The molecule has 0 spiro atoms. The summed E-state index contributed by atoms with van der Waals surface area (Å²) in [6, 6.07) is 21.5. The van der Waals surface area contributed by atoms with Crippen molar-refractivity contribution in [2.24, 2.45) is 4.99 Å². The minimum atomic E-state index is -0.316. The number of hydrogen-bond acceptors (Lipinski definition) is 5. The van der Waals surface area contributed by atoms with E-state index in [-0.39, 0.29) is 18.0 Å². The highest BCUT2D eigenvalue weighted by Crippen LogP contribution is 2.40. The fraction of sp³-hybridized carbons (Fsp3) is 0.240. The zero-order valence-electron chi connectivity index (χ0n) is 17.5. The van der Waals surface area contributed by atoms with Gasteiger partial charge in [0.1, 0.15) is 11.9 Å². The van der Waals surface area contributed by atoms with Gasteiger partial charge in [0.05, 0.1) is 13.7 Å². The van der Waals surface area contributed by atoms with E-state index < -0.39 is 0 Å². The first kappa shape index (κ1) is 21.4. The topological polar surface area (TPSA) is 63.1 Å². The van der Waals surface area contributed by atoms with Gasteiger partial charge in [0, 0.05) is 33.8 Å². The second kappa shape index (κ2) is 9.54. The third-order valence-corrected chi connectivity index (χ3v) is 5.89. The standard InChI is InChI=1S/C25H25BrN2O3/c1-3-31-23-10-6-8-18(24(23)29)21-15-20(16-11-13-17(26)14-12-16)27-25(28-21)19-7-4-5-9-22(19)30-2/h4-14,21,25,28-29H,3,15H2,1-2H3/t21-,25-/m1/s1. The van der Waals surface area contributed by atoms with Crippen molar-refractivity contribution in [2.45, 2.75) is 25.6 Å². The Labute approximate surface area is 190 Å². The van der Waals surface area contributed by atoms with Gasteiger partial charge in [-0.05, 0) is 36.8 Å². The van der Waals surface area contributed by atoms with Crippen LogP contribution in [-0.2, 0) is 0 Å². The normalized spacial score (nSPS) is 18.4. The summed E-state index contributed by atoms with van der Waals surface area (Å²) < 4.78 is 12.2. The molecule has 0 unspecified atom stereocenters. The van der Waals surface area contributed by atoms with E-state index in [9.17, 15) is 5.11 Å². The monoisotopic (exact) mass is 480 g/mol. The Morgan fingerprint density at radius 1 is 1.00 bits per heavy atom. The van der Waals surface area contributed by atoms with Crippen LogP contribution in [0.25, 0.3) is 0 Å². The maximum atomic E-state index is 10.9. The molecule has 3 aromatic carbocycles. The molecule has 0 saturated carbocycles. The van der Waals surface area contributed by atoms with Crippen LogP contribution < -0.4 is 14.8 Å². The van der Waals surface area contributed by atoms with Gasteiger partial charge in [0.25, 0.3) is 0 Å². The third-order valence-electron chi connectivity index (χ3n) is 5.36. The molecule has 4 rings (SSSR count). The predicted octanol–water partition coefficient (Wildman–Crippen LogP) is 5.78. The maximum absolute atomic E-state index is 10.9. The van der Waals surface area contributed by atoms with Gasteiger partial charge >= 0.3 is 0 Å². The zero-order chi connectivity index (χ0) is 21.8. The maximum Gasteiger partial charge on any atom is 0.162 e. The molecule has 31 heavy (non-hydrogen) atoms. The number of aliphatic imine (C=N–C) groups is 1. The van der Waals surface area contributed by atoms with Crippen LogP contribution >= 0.6 is 15.9 Å². The fourth-order valence-electron chi connectivity index (χ4n) is 3.87. The van der Waals surface area contributed by atoms with Crippen molar-refractivity contribution < 1.29 is 14.6 Å². The van der Waals surface area contributed by atoms with Crippen LogP contribution in [0.4, 0.5) is 0 Å². The van der Waals surface area contributed by atoms with Crippen LogP contribution in [0, 0.1) is 0 Å². The Balaban J connectivity index is 1.78. The number of aromatic hydroxyl groups is 1. The third kappa shape index (κ3) is 4.60. The molecule has 5 nitrogen and oxygen atoms in total. The first-order valence-corrected chi connectivity index (χ1v) is 11.1. The van der Waals surface area contributed by atoms with E-state index >= 15 is 0 Å². The number of methoxy groups -OCH3 is 1. The summed E-state index contributed by atoms with van der Waals surface area (Å²) in [6.07, 6.45) is 0.319. The van der Waals surface area contributed by atoms with E-state index in [0.717, 1.165) is 32.6 Å². The molecule has 3 aromatic rings. The molecule has 2 N–H and O–H groups in total. The van der Waals surface area contributed by atoms with Crippen molar-refractivity contribution in [2.75, 3.05) is 13.7 Å². The summed E-state index contributed by atoms with van der Waals surface area (Å²) >= 11 is 3.50. The number of hydrogen-bond donors (Lipinski definition) is 2. The molecule has 1 aliphatic rings. The zero-order valence-corrected chi connectivity index (χ0v) is 19.1. The van der Waals surface area contributed by atoms with Crippen LogP contribution in [-0.4, -0.2) is 24.5 Å². The second-order valence-electron chi connectivity index (χ2n) is 7.28. The summed E-state index contributed by atoms with van der Waals surface area (Å²) in [4.78, 5) is 5.02. The molecule has 1 heterocycles. The average molecular weight is 481 g/mol. The van der Waals surface area contributed by atoms with E-state index in [2.05, 4.69) is 33.4 Å². The van der Waals surface area contributed by atoms with E-state index in [0.29, 0.717) is 18.8 Å². The molecular formula is C25H25BrN2O3. The largest absolute Gasteiger partial charge is 0.504 e. The van der Waals surface area contributed by atoms with Gasteiger partial charge in [-0.25, -0.2) is 0 Å². The predicted molar refractivity (Wildman–Crippen MR) is 126 cm³/mol. The number of halogens is 1. The van der Waals surface area contributed by atoms with Crippen LogP contribution in [0.2, 0.25) is 0 Å². The molecule has 160 valence electrons. The van der Waals surface area contributed by atoms with Crippen LogP contribution in [0.15, 0.2) is 76.2 Å². The van der Waals surface area contributed by atoms with Gasteiger partial charge in [-0.1, -0.05) is 58.4 Å². The lowest BCUT2D eigenvalue weighted by Gasteiger charge is -2.31. The summed E-state index contributed by atoms with van der Waals surface area (Å²) in [6.45, 7) is 2.39. The number of rotatable bonds is 6. The van der Waals surface area contributed by atoms with E-state index in [4.69, 9.17) is 14.5 Å². The van der Waals surface area contributed by atoms with Gasteiger partial charge in [0.2, 0.25) is 0 Å². The number of benzene rings is 3. The van der Waals surface area contributed by atoms with Crippen molar-refractivity contribution in [1.82, 2.24) is 5.32 Å². The first-order valence-electron chi connectivity index (χ1n) is 10.3. The van der Waals surface area contributed by atoms with E-state index in [1.165, 1.54) is 0 Å². The van der Waals surface area contributed by atoms with Gasteiger partial charge in [-0.3, -0.25) is 10.3 Å². The van der Waals surface area contributed by atoms with Crippen LogP contribution in [0.3, 0.4) is 0 Å². The number of phenols is 1. The SMILES string of the molecule is CCOc1cccc([C@H]2CC(c3ccc(Br)cc3)=N[C@@H](c3ccccc3OC)N2)c1O. The fourth-order valence-corrected chi connectivity index (χ4v) is 4.13. The lowest BCUT2D eigenvalue weighted by atomic mass is 9.93. The summed E-state index contributed by atoms with van der Waals surface area (Å²) in [5, 5.41) is 14.5. The van der Waals surface area contributed by atoms with Gasteiger partial charge < -0.3 is 14.6 Å². The second-order valence-corrected chi connectivity index (χ2v) is 8.19. The molecule has 1 aliphatic heterocycles. The van der Waals surface area contributed by atoms with E-state index in [1.54, 1.807) is 13.2 Å². The molecule has 0 amide bonds. The Morgan fingerprint density at radius 3 is 2.45 bits per heavy atom. The molecule has 0 radical (unpaired) electrons. The molecule has 0 aromatic heterocycles. The van der Waals surface area contributed by atoms with Crippen molar-refractivity contribution in [3.05, 3.63) is 87.9 Å². The Morgan fingerprint density at radius 2 is 1.71 bits per heavy atom. The number of ether oxygens (including phenoxy) is 2. The lowest BCUT2D eigenvalue weighted by Crippen LogP contribution is -2.33.